The first-order valence-electron chi connectivity index (χ1n) is 14.9. The van der Waals surface area contributed by atoms with Crippen molar-refractivity contribution in [3.05, 3.63) is 78.5 Å². The van der Waals surface area contributed by atoms with Gasteiger partial charge in [-0.3, -0.25) is 14.6 Å². The lowest BCUT2D eigenvalue weighted by Gasteiger charge is -2.29. The number of fused-ring (bicyclic) bond motifs is 1. The lowest BCUT2D eigenvalue weighted by atomic mass is 9.89. The zero-order valence-electron chi connectivity index (χ0n) is 24.6. The Hall–Kier alpha value is -2.78. The fourth-order valence-electron chi connectivity index (χ4n) is 4.83. The van der Waals surface area contributed by atoms with Crippen molar-refractivity contribution in [2.24, 2.45) is 10.9 Å². The summed E-state index contributed by atoms with van der Waals surface area (Å²) >= 11 is 20.4. The number of aliphatic imine (C=N–C) groups is 1. The van der Waals surface area contributed by atoms with Gasteiger partial charge in [-0.25, -0.2) is 4.99 Å². The molecule has 4 rings (SSSR count). The van der Waals surface area contributed by atoms with E-state index in [4.69, 9.17) is 44.5 Å². The van der Waals surface area contributed by atoms with Gasteiger partial charge in [0.05, 0.1) is 17.1 Å². The number of pyridine rings is 1. The quantitative estimate of drug-likeness (QED) is 0.0528. The number of rotatable bonds is 11. The Kier molecular flexibility index (Phi) is 13.2. The summed E-state index contributed by atoms with van der Waals surface area (Å²) in [5.74, 6) is -0.768. The number of nitrogens with zero attached hydrogens (tertiary/aromatic N) is 2. The normalized spacial score (nSPS) is 16.0. The number of hydrogen-bond acceptors (Lipinski definition) is 6. The Morgan fingerprint density at radius 1 is 1.05 bits per heavy atom. The van der Waals surface area contributed by atoms with E-state index in [1.54, 1.807) is 12.3 Å². The number of aromatic nitrogens is 1. The highest BCUT2D eigenvalue weighted by molar-refractivity contribution is 8.14. The highest BCUT2D eigenvalue weighted by Crippen LogP contribution is 2.33. The van der Waals surface area contributed by atoms with Gasteiger partial charge in [0.1, 0.15) is 6.17 Å². The molecular formula is C33H37Cl3N4O3S. The SMILES string of the molecule is CCCCC(OC(=O)C1CCCCC1)S/C(=N/c1cccc2cccnc12)NC(NC(=O)/C=C/c1ccccc1)C(Cl)(Cl)Cl. The monoisotopic (exact) mass is 674 g/mol. The molecule has 1 aromatic heterocycles. The van der Waals surface area contributed by atoms with Gasteiger partial charge in [-0.1, -0.05) is 116 Å². The molecule has 2 unspecified atom stereocenters. The molecule has 1 aliphatic carbocycles. The zero-order valence-corrected chi connectivity index (χ0v) is 27.6. The van der Waals surface area contributed by atoms with E-state index < -0.39 is 21.3 Å². The first-order chi connectivity index (χ1) is 21.2. The summed E-state index contributed by atoms with van der Waals surface area (Å²) < 4.78 is 4.12. The minimum absolute atomic E-state index is 0.103. The van der Waals surface area contributed by atoms with Gasteiger partial charge < -0.3 is 15.4 Å². The van der Waals surface area contributed by atoms with Crippen molar-refractivity contribution in [2.45, 2.75) is 73.7 Å². The van der Waals surface area contributed by atoms with Crippen LogP contribution in [0.25, 0.3) is 17.0 Å². The molecule has 3 aromatic rings. The van der Waals surface area contributed by atoms with Crippen LogP contribution in [0, 0.1) is 5.92 Å². The van der Waals surface area contributed by atoms with Crippen molar-refractivity contribution in [3.8, 4) is 0 Å². The summed E-state index contributed by atoms with van der Waals surface area (Å²) in [6.07, 6.45) is 10.8. The minimum Gasteiger partial charge on any atom is -0.451 e. The highest BCUT2D eigenvalue weighted by atomic mass is 35.6. The fourth-order valence-corrected chi connectivity index (χ4v) is 6.17. The summed E-state index contributed by atoms with van der Waals surface area (Å²) in [6, 6.07) is 18.9. The van der Waals surface area contributed by atoms with Crippen molar-refractivity contribution in [1.29, 1.82) is 0 Å². The first kappa shape index (κ1) is 34.1. The molecule has 2 aromatic carbocycles. The van der Waals surface area contributed by atoms with E-state index >= 15 is 0 Å². The maximum Gasteiger partial charge on any atom is 0.310 e. The van der Waals surface area contributed by atoms with Crippen LogP contribution in [0.1, 0.15) is 63.9 Å². The summed E-state index contributed by atoms with van der Waals surface area (Å²) in [6.45, 7) is 2.08. The molecule has 0 aliphatic heterocycles. The Balaban J connectivity index is 1.63. The van der Waals surface area contributed by atoms with Crippen molar-refractivity contribution >= 4 is 86.3 Å². The van der Waals surface area contributed by atoms with Gasteiger partial charge in [0.25, 0.3) is 0 Å². The van der Waals surface area contributed by atoms with Gasteiger partial charge in [-0.15, -0.1) is 0 Å². The molecule has 7 nitrogen and oxygen atoms in total. The van der Waals surface area contributed by atoms with Crippen molar-refractivity contribution in [2.75, 3.05) is 0 Å². The predicted molar refractivity (Wildman–Crippen MR) is 183 cm³/mol. The van der Waals surface area contributed by atoms with Gasteiger partial charge >= 0.3 is 5.97 Å². The molecule has 234 valence electrons. The van der Waals surface area contributed by atoms with Crippen LogP contribution in [0.3, 0.4) is 0 Å². The van der Waals surface area contributed by atoms with Crippen LogP contribution < -0.4 is 10.6 Å². The number of ether oxygens (including phenoxy) is 1. The average Bonchev–Trinajstić information content (AvgIpc) is 3.03. The third-order valence-electron chi connectivity index (χ3n) is 7.16. The van der Waals surface area contributed by atoms with Crippen LogP contribution in [0.15, 0.2) is 77.9 Å². The Morgan fingerprint density at radius 3 is 2.52 bits per heavy atom. The van der Waals surface area contributed by atoms with Crippen LogP contribution in [-0.4, -0.2) is 37.4 Å². The molecule has 2 N–H and O–H groups in total. The molecule has 0 bridgehead atoms. The highest BCUT2D eigenvalue weighted by Gasteiger charge is 2.35. The summed E-state index contributed by atoms with van der Waals surface area (Å²) in [7, 11) is 0. The van der Waals surface area contributed by atoms with Crippen LogP contribution in [0.2, 0.25) is 0 Å². The Morgan fingerprint density at radius 2 is 1.80 bits per heavy atom. The van der Waals surface area contributed by atoms with Crippen LogP contribution in [0.4, 0.5) is 5.69 Å². The number of benzene rings is 2. The molecule has 1 fully saturated rings. The van der Waals surface area contributed by atoms with Crippen LogP contribution in [0.5, 0.6) is 0 Å². The molecule has 1 saturated carbocycles. The van der Waals surface area contributed by atoms with Gasteiger partial charge in [0, 0.05) is 17.7 Å². The van der Waals surface area contributed by atoms with E-state index in [2.05, 4.69) is 22.5 Å². The molecular weight excluding hydrogens is 639 g/mol. The van der Waals surface area contributed by atoms with E-state index in [1.165, 1.54) is 17.8 Å². The second-order valence-corrected chi connectivity index (χ2v) is 14.1. The molecule has 0 radical (unpaired) electrons. The molecule has 0 saturated heterocycles. The lowest BCUT2D eigenvalue weighted by Crippen LogP contribution is -2.54. The van der Waals surface area contributed by atoms with Crippen molar-refractivity contribution in [1.82, 2.24) is 15.6 Å². The fraction of sp³-hybridized carbons (Fsp3) is 0.394. The first-order valence-corrected chi connectivity index (χ1v) is 16.9. The van der Waals surface area contributed by atoms with Crippen LogP contribution >= 0.6 is 46.6 Å². The number of halogens is 3. The number of unbranched alkanes of at least 4 members (excludes halogenated alkanes) is 1. The molecule has 2 atom stereocenters. The third kappa shape index (κ3) is 10.7. The number of esters is 1. The lowest BCUT2D eigenvalue weighted by molar-refractivity contribution is -0.151. The molecule has 11 heteroatoms. The third-order valence-corrected chi connectivity index (χ3v) is 8.85. The summed E-state index contributed by atoms with van der Waals surface area (Å²) in [5.41, 5.74) is 1.56. The van der Waals surface area contributed by atoms with E-state index in [0.717, 1.165) is 55.9 Å². The Bertz CT molecular complexity index is 1440. The second-order valence-electron chi connectivity index (χ2n) is 10.6. The minimum atomic E-state index is -1.95. The maximum atomic E-state index is 13.2. The average molecular weight is 676 g/mol. The topological polar surface area (TPSA) is 92.7 Å². The second kappa shape index (κ2) is 17.1. The number of nitrogens with one attached hydrogen (secondary N) is 2. The number of thioether (sulfide) groups is 1. The smallest absolute Gasteiger partial charge is 0.310 e. The van der Waals surface area contributed by atoms with Crippen molar-refractivity contribution < 1.29 is 14.3 Å². The van der Waals surface area contributed by atoms with Crippen molar-refractivity contribution in [3.63, 3.8) is 0 Å². The number of para-hydroxylation sites is 1. The largest absolute Gasteiger partial charge is 0.451 e. The Labute approximate surface area is 278 Å². The van der Waals surface area contributed by atoms with Gasteiger partial charge in [-0.05, 0) is 61.2 Å². The number of alkyl halides is 3. The number of amidine groups is 1. The number of amides is 1. The molecule has 1 heterocycles. The molecule has 44 heavy (non-hydrogen) atoms. The molecule has 1 amide bonds. The van der Waals surface area contributed by atoms with Gasteiger partial charge in [-0.2, -0.15) is 0 Å². The maximum absolute atomic E-state index is 13.2. The van der Waals surface area contributed by atoms with Crippen LogP contribution in [-0.2, 0) is 14.3 Å². The van der Waals surface area contributed by atoms with Gasteiger partial charge in [0.15, 0.2) is 10.6 Å². The molecule has 1 aliphatic rings. The number of carbonyl (C=O) groups is 2. The van der Waals surface area contributed by atoms with Gasteiger partial charge in [0.2, 0.25) is 9.70 Å². The van der Waals surface area contributed by atoms with E-state index in [0.29, 0.717) is 22.8 Å². The summed E-state index contributed by atoms with van der Waals surface area (Å²) in [4.78, 5) is 35.5. The van der Waals surface area contributed by atoms with E-state index in [1.807, 2.05) is 60.7 Å². The summed E-state index contributed by atoms with van der Waals surface area (Å²) in [5, 5.41) is 7.08. The van der Waals surface area contributed by atoms with E-state index in [-0.39, 0.29) is 11.9 Å². The predicted octanol–water partition coefficient (Wildman–Crippen LogP) is 8.71. The zero-order chi connectivity index (χ0) is 31.4. The van der Waals surface area contributed by atoms with E-state index in [9.17, 15) is 9.59 Å². The standard InChI is InChI=1S/C33H37Cl3N4O3S/c1-2-3-19-28(43-30(42)25-14-8-5-9-15-25)44-32(38-26-18-10-16-24-17-11-22-37-29(24)26)40-31(33(34,35)36)39-27(41)21-20-23-12-6-4-7-13-23/h4,6-7,10-13,16-18,20-22,25,28,31H,2-3,5,8-9,14-15,19H2,1H3,(H,38,40)(H,39,41)/b21-20+. The number of carbonyl (C=O) groups excluding carboxylic acids is 2. The molecule has 0 spiro atoms. The number of hydrogen-bond donors (Lipinski definition) is 2.